The summed E-state index contributed by atoms with van der Waals surface area (Å²) in [6.45, 7) is 5.85. The molecule has 1 heterocycles. The molecule has 1 aliphatic rings. The lowest BCUT2D eigenvalue weighted by molar-refractivity contribution is -0.251. The number of hydrogen-bond acceptors (Lipinski definition) is 10. The third kappa shape index (κ3) is 29.9. The van der Waals surface area contributed by atoms with Gasteiger partial charge in [-0.3, -0.25) is 19.0 Å². The first-order valence-electron chi connectivity index (χ1n) is 25.3. The number of aliphatic hydroxyl groups excluding tert-OH is 4. The van der Waals surface area contributed by atoms with E-state index in [0.29, 0.717) is 19.3 Å². The average Bonchev–Trinajstić information content (AvgIpc) is 3.22. The highest BCUT2D eigenvalue weighted by atomic mass is 31.2. The van der Waals surface area contributed by atoms with Crippen molar-refractivity contribution < 1.29 is 53.3 Å². The number of phosphoric ester groups is 1. The molecule has 0 spiro atoms. The largest absolute Gasteiger partial charge is 0.530 e. The van der Waals surface area contributed by atoms with Crippen LogP contribution in [0.15, 0.2) is 0 Å². The molecule has 1 rings (SSSR count). The Labute approximate surface area is 372 Å². The van der Waals surface area contributed by atoms with Crippen molar-refractivity contribution in [1.82, 2.24) is 5.32 Å². The van der Waals surface area contributed by atoms with Crippen LogP contribution in [0.5, 0.6) is 0 Å². The van der Waals surface area contributed by atoms with Crippen LogP contribution in [0.2, 0.25) is 0 Å². The molecule has 0 bridgehead atoms. The van der Waals surface area contributed by atoms with Gasteiger partial charge in [0.2, 0.25) is 5.91 Å². The second-order valence-corrected chi connectivity index (χ2v) is 19.4. The van der Waals surface area contributed by atoms with Crippen LogP contribution in [0, 0.1) is 5.92 Å². The number of hydrogen-bond donors (Lipinski definition) is 6. The molecule has 13 heteroatoms. The van der Waals surface area contributed by atoms with Crippen LogP contribution in [0.4, 0.5) is 0 Å². The molecule has 1 amide bonds. The number of ether oxygens (including phenoxy) is 1. The van der Waals surface area contributed by atoms with Crippen molar-refractivity contribution in [3.05, 3.63) is 0 Å². The van der Waals surface area contributed by atoms with Crippen LogP contribution < -0.4 is 5.32 Å². The summed E-state index contributed by atoms with van der Waals surface area (Å²) in [6, 6.07) is -1.51. The summed E-state index contributed by atoms with van der Waals surface area (Å²) in [5.41, 5.74) is 0. The highest BCUT2D eigenvalue weighted by Gasteiger charge is 2.49. The number of carbonyl (C=O) groups is 2. The summed E-state index contributed by atoms with van der Waals surface area (Å²) in [4.78, 5) is 37.2. The van der Waals surface area contributed by atoms with Crippen LogP contribution in [0.3, 0.4) is 0 Å². The molecular formula is C48H94NO11P. The van der Waals surface area contributed by atoms with Gasteiger partial charge in [-0.15, -0.1) is 0 Å². The molecule has 12 nitrogen and oxygen atoms in total. The first-order valence-corrected chi connectivity index (χ1v) is 26.8. The molecule has 0 aromatic heterocycles. The maximum absolute atomic E-state index is 13.5. The highest BCUT2D eigenvalue weighted by molar-refractivity contribution is 7.48. The van der Waals surface area contributed by atoms with E-state index >= 15 is 0 Å². The Hall–Kier alpha value is -1.11. The molecule has 1 saturated heterocycles. The summed E-state index contributed by atoms with van der Waals surface area (Å²) < 4.78 is 29.2. The monoisotopic (exact) mass is 892 g/mol. The number of amides is 1. The van der Waals surface area contributed by atoms with Gasteiger partial charge in [-0.05, 0) is 19.3 Å². The highest BCUT2D eigenvalue weighted by Crippen LogP contribution is 2.48. The fourth-order valence-electron chi connectivity index (χ4n) is 8.47. The zero-order valence-corrected chi connectivity index (χ0v) is 40.0. The summed E-state index contributed by atoms with van der Waals surface area (Å²) in [5, 5.41) is 44.7. The van der Waals surface area contributed by atoms with Gasteiger partial charge in [0.05, 0.1) is 25.0 Å². The molecule has 362 valence electrons. The normalized spacial score (nSPS) is 21.2. The summed E-state index contributed by atoms with van der Waals surface area (Å²) in [6.07, 6.45) is 29.3. The predicted molar refractivity (Wildman–Crippen MR) is 245 cm³/mol. The third-order valence-electron chi connectivity index (χ3n) is 12.4. The third-order valence-corrected chi connectivity index (χ3v) is 13.3. The van der Waals surface area contributed by atoms with Gasteiger partial charge >= 0.3 is 13.8 Å². The molecule has 4 unspecified atom stereocenters. The number of carbonyl (C=O) groups excluding carboxylic acids is 2. The smallest absolute Gasteiger partial charge is 0.394 e. The molecule has 0 aromatic carbocycles. The van der Waals surface area contributed by atoms with Crippen molar-refractivity contribution in [2.75, 3.05) is 6.61 Å². The summed E-state index contributed by atoms with van der Waals surface area (Å²) in [5.74, 6) is -2.11. The quantitative estimate of drug-likeness (QED) is 0.0252. The zero-order chi connectivity index (χ0) is 45.0. The predicted octanol–water partition coefficient (Wildman–Crippen LogP) is 11.3. The van der Waals surface area contributed by atoms with Crippen LogP contribution in [0.25, 0.3) is 0 Å². The number of phosphoric acid groups is 1. The molecule has 6 N–H and O–H groups in total. The van der Waals surface area contributed by atoms with E-state index in [1.807, 2.05) is 0 Å². The van der Waals surface area contributed by atoms with Crippen LogP contribution in [-0.2, 0) is 27.9 Å². The summed E-state index contributed by atoms with van der Waals surface area (Å²) >= 11 is 0. The minimum atomic E-state index is -5.16. The van der Waals surface area contributed by atoms with E-state index in [-0.39, 0.29) is 6.42 Å². The Balaban J connectivity index is 2.71. The van der Waals surface area contributed by atoms with E-state index in [1.54, 1.807) is 0 Å². The van der Waals surface area contributed by atoms with E-state index in [0.717, 1.165) is 77.0 Å². The van der Waals surface area contributed by atoms with Crippen molar-refractivity contribution in [1.29, 1.82) is 0 Å². The lowest BCUT2D eigenvalue weighted by Gasteiger charge is -2.42. The molecule has 1 aliphatic heterocycles. The zero-order valence-electron chi connectivity index (χ0n) is 39.1. The van der Waals surface area contributed by atoms with Crippen molar-refractivity contribution in [2.24, 2.45) is 5.92 Å². The molecule has 8 atom stereocenters. The SMILES string of the molecule is CCCCCCCCCCCCCCC(CCCCCCCCCCCC)C(=O)OP(=O)(O)O[C@H]1[C@H](O)[C@@H](NC(=O)CC(O)CCCCCCCCCCC)C(O)O[C@@H]1CO. The second-order valence-electron chi connectivity index (χ2n) is 18.1. The molecule has 0 aliphatic carbocycles. The standard InChI is InChI=1S/C48H94NO11P/c1-4-7-10-13-16-19-21-22-25-27-30-33-36-40(35-32-29-26-24-20-17-14-11-8-5-2)47(54)60-61(56,57)59-46-42(39-50)58-48(55)44(45(46)53)49-43(52)38-41(51)37-34-31-28-23-18-15-12-9-6-3/h40-42,44-46,48,50-51,53,55H,4-39H2,1-3H3,(H,49,52)(H,56,57)/t40?,41?,42-,44-,45-,46-,48?/m1/s1. The van der Waals surface area contributed by atoms with E-state index in [9.17, 15) is 39.5 Å². The number of rotatable bonds is 42. The van der Waals surface area contributed by atoms with E-state index < -0.39 is 69.0 Å². The van der Waals surface area contributed by atoms with E-state index in [2.05, 4.69) is 26.1 Å². The molecule has 0 aromatic rings. The van der Waals surface area contributed by atoms with E-state index in [4.69, 9.17) is 13.8 Å². The van der Waals surface area contributed by atoms with E-state index in [1.165, 1.54) is 122 Å². The Bertz CT molecular complexity index is 1100. The molecule has 61 heavy (non-hydrogen) atoms. The van der Waals surface area contributed by atoms with Gasteiger partial charge in [0.15, 0.2) is 6.29 Å². The topological polar surface area (TPSA) is 192 Å². The van der Waals surface area contributed by atoms with Crippen molar-refractivity contribution in [3.63, 3.8) is 0 Å². The fraction of sp³-hybridized carbons (Fsp3) is 0.958. The molecule has 1 fully saturated rings. The van der Waals surface area contributed by atoms with Crippen molar-refractivity contribution >= 4 is 19.7 Å². The number of nitrogens with one attached hydrogen (secondary N) is 1. The minimum absolute atomic E-state index is 0.280. The maximum atomic E-state index is 13.5. The van der Waals surface area contributed by atoms with Gasteiger partial charge in [0, 0.05) is 0 Å². The van der Waals surface area contributed by atoms with Crippen LogP contribution in [0.1, 0.15) is 245 Å². The van der Waals surface area contributed by atoms with Gasteiger partial charge in [0.25, 0.3) is 0 Å². The lowest BCUT2D eigenvalue weighted by atomic mass is 9.94. The lowest BCUT2D eigenvalue weighted by Crippen LogP contribution is -2.64. The number of unbranched alkanes of at least 4 members (excludes halogenated alkanes) is 28. The molecular weight excluding hydrogens is 797 g/mol. The first-order chi connectivity index (χ1) is 29.5. The minimum Gasteiger partial charge on any atom is -0.394 e. The fourth-order valence-corrected chi connectivity index (χ4v) is 9.46. The van der Waals surface area contributed by atoms with Gasteiger partial charge in [-0.1, -0.05) is 220 Å². The Morgan fingerprint density at radius 3 is 1.34 bits per heavy atom. The Morgan fingerprint density at radius 1 is 0.607 bits per heavy atom. The Kier molecular flexibility index (Phi) is 36.3. The second kappa shape index (κ2) is 38.2. The van der Waals surface area contributed by atoms with Crippen LogP contribution >= 0.6 is 7.82 Å². The first kappa shape index (κ1) is 57.9. The van der Waals surface area contributed by atoms with Gasteiger partial charge in [-0.25, -0.2) is 4.57 Å². The average molecular weight is 892 g/mol. The number of aliphatic hydroxyl groups is 4. The van der Waals surface area contributed by atoms with Gasteiger partial charge in [0.1, 0.15) is 24.4 Å². The van der Waals surface area contributed by atoms with Gasteiger partial charge in [-0.2, -0.15) is 0 Å². The maximum Gasteiger partial charge on any atom is 0.530 e. The molecule has 0 radical (unpaired) electrons. The van der Waals surface area contributed by atoms with Crippen molar-refractivity contribution in [2.45, 2.75) is 282 Å². The Morgan fingerprint density at radius 2 is 0.967 bits per heavy atom. The van der Waals surface area contributed by atoms with Gasteiger partial charge < -0.3 is 35.0 Å². The van der Waals surface area contributed by atoms with Crippen molar-refractivity contribution in [3.8, 4) is 0 Å². The molecule has 0 saturated carbocycles. The summed E-state index contributed by atoms with van der Waals surface area (Å²) in [7, 11) is -5.16. The van der Waals surface area contributed by atoms with Crippen LogP contribution in [-0.4, -0.2) is 80.6 Å².